The predicted octanol–water partition coefficient (Wildman–Crippen LogP) is -1.64. The lowest BCUT2D eigenvalue weighted by atomic mass is 10.1. The van der Waals surface area contributed by atoms with E-state index in [0.717, 1.165) is 18.9 Å². The standard InChI is InChI=1S/C16H19N5O8/c1-7-5-20(16(26)17-13(7)23)10-4-8(22)9(29-10)6-21-12(15(25)28-3)11(18-19-21)14(24)27-2/h5,8-10,22H,4,6H2,1-3H3,(H,17,23,26)/t8?,9-,10-/m1/s1. The number of aliphatic hydroxyl groups excluding tert-OH is 1. The first-order chi connectivity index (χ1) is 13.8. The second-order valence-corrected chi connectivity index (χ2v) is 6.36. The summed E-state index contributed by atoms with van der Waals surface area (Å²) in [6, 6.07) is 0. The molecule has 0 saturated carbocycles. The van der Waals surface area contributed by atoms with Crippen LogP contribution in [0.1, 0.15) is 39.2 Å². The highest BCUT2D eigenvalue weighted by Gasteiger charge is 2.38. The van der Waals surface area contributed by atoms with Crippen LogP contribution in [0.3, 0.4) is 0 Å². The molecule has 1 unspecified atom stereocenters. The summed E-state index contributed by atoms with van der Waals surface area (Å²) in [5.74, 6) is -1.75. The molecule has 0 aliphatic carbocycles. The molecule has 0 aromatic carbocycles. The molecular weight excluding hydrogens is 390 g/mol. The maximum absolute atomic E-state index is 12.1. The molecule has 0 spiro atoms. The van der Waals surface area contributed by atoms with Crippen molar-refractivity contribution in [3.05, 3.63) is 44.0 Å². The van der Waals surface area contributed by atoms with E-state index in [0.29, 0.717) is 5.56 Å². The Hall–Kier alpha value is -3.32. The molecule has 0 radical (unpaired) electrons. The van der Waals surface area contributed by atoms with E-state index in [-0.39, 0.29) is 24.4 Å². The number of rotatable bonds is 5. The average Bonchev–Trinajstić information content (AvgIpc) is 3.27. The molecular formula is C16H19N5O8. The van der Waals surface area contributed by atoms with Crippen molar-refractivity contribution in [2.45, 2.75) is 38.3 Å². The molecule has 3 atom stereocenters. The second-order valence-electron chi connectivity index (χ2n) is 6.36. The minimum absolute atomic E-state index is 0.0577. The Labute approximate surface area is 162 Å². The zero-order chi connectivity index (χ0) is 21.3. The van der Waals surface area contributed by atoms with E-state index in [1.54, 1.807) is 0 Å². The number of aromatic nitrogens is 5. The number of nitrogens with one attached hydrogen (secondary N) is 1. The fourth-order valence-corrected chi connectivity index (χ4v) is 2.99. The minimum atomic E-state index is -1.02. The van der Waals surface area contributed by atoms with Gasteiger partial charge in [0.05, 0.1) is 26.9 Å². The van der Waals surface area contributed by atoms with Gasteiger partial charge in [-0.1, -0.05) is 5.21 Å². The van der Waals surface area contributed by atoms with E-state index in [1.807, 2.05) is 0 Å². The number of ether oxygens (including phenoxy) is 3. The number of carbonyl (C=O) groups is 2. The lowest BCUT2D eigenvalue weighted by molar-refractivity contribution is -0.0306. The number of nitrogens with zero attached hydrogens (tertiary/aromatic N) is 4. The third kappa shape index (κ3) is 3.82. The van der Waals surface area contributed by atoms with Crippen LogP contribution in [-0.4, -0.2) is 68.0 Å². The SMILES string of the molecule is COC(=O)c1nnn(C[C@H]2O[C@@H](n3cc(C)c(=O)[nH]c3=O)CC2O)c1C(=O)OC. The van der Waals surface area contributed by atoms with Crippen LogP contribution in [0.15, 0.2) is 15.8 Å². The summed E-state index contributed by atoms with van der Waals surface area (Å²) in [5, 5.41) is 17.8. The van der Waals surface area contributed by atoms with Gasteiger partial charge in [-0.25, -0.2) is 19.1 Å². The molecule has 13 heteroatoms. The number of esters is 2. The highest BCUT2D eigenvalue weighted by Crippen LogP contribution is 2.29. The minimum Gasteiger partial charge on any atom is -0.464 e. The molecule has 2 aromatic rings. The van der Waals surface area contributed by atoms with Crippen molar-refractivity contribution < 1.29 is 28.9 Å². The van der Waals surface area contributed by atoms with Crippen LogP contribution < -0.4 is 11.2 Å². The van der Waals surface area contributed by atoms with Gasteiger partial charge in [0.25, 0.3) is 5.56 Å². The quantitative estimate of drug-likeness (QED) is 0.546. The Morgan fingerprint density at radius 3 is 2.66 bits per heavy atom. The third-order valence-electron chi connectivity index (χ3n) is 4.51. The van der Waals surface area contributed by atoms with E-state index >= 15 is 0 Å². The highest BCUT2D eigenvalue weighted by molar-refractivity contribution is 6.00. The number of aliphatic hydroxyl groups is 1. The molecule has 1 saturated heterocycles. The largest absolute Gasteiger partial charge is 0.464 e. The number of carbonyl (C=O) groups excluding carboxylic acids is 2. The molecule has 1 fully saturated rings. The van der Waals surface area contributed by atoms with Crippen LogP contribution in [0.2, 0.25) is 0 Å². The Bertz CT molecular complexity index is 1050. The normalized spacial score (nSPS) is 21.2. The maximum atomic E-state index is 12.1. The average molecular weight is 409 g/mol. The van der Waals surface area contributed by atoms with E-state index in [9.17, 15) is 24.3 Å². The smallest absolute Gasteiger partial charge is 0.361 e. The molecule has 156 valence electrons. The van der Waals surface area contributed by atoms with Crippen molar-refractivity contribution >= 4 is 11.9 Å². The number of hydrogen-bond donors (Lipinski definition) is 2. The Balaban J connectivity index is 1.87. The highest BCUT2D eigenvalue weighted by atomic mass is 16.5. The number of methoxy groups -OCH3 is 2. The van der Waals surface area contributed by atoms with Gasteiger partial charge >= 0.3 is 17.6 Å². The lowest BCUT2D eigenvalue weighted by Gasteiger charge is -2.17. The molecule has 29 heavy (non-hydrogen) atoms. The van der Waals surface area contributed by atoms with Crippen molar-refractivity contribution in [2.24, 2.45) is 0 Å². The lowest BCUT2D eigenvalue weighted by Crippen LogP contribution is -2.33. The summed E-state index contributed by atoms with van der Waals surface area (Å²) in [6.07, 6.45) is -1.35. The van der Waals surface area contributed by atoms with Crippen molar-refractivity contribution in [1.82, 2.24) is 24.5 Å². The summed E-state index contributed by atoms with van der Waals surface area (Å²) < 4.78 is 17.2. The van der Waals surface area contributed by atoms with E-state index in [4.69, 9.17) is 4.74 Å². The summed E-state index contributed by atoms with van der Waals surface area (Å²) >= 11 is 0. The Morgan fingerprint density at radius 2 is 2.00 bits per heavy atom. The fraction of sp³-hybridized carbons (Fsp3) is 0.500. The van der Waals surface area contributed by atoms with Crippen LogP contribution in [-0.2, 0) is 20.8 Å². The molecule has 2 N–H and O–H groups in total. The fourth-order valence-electron chi connectivity index (χ4n) is 2.99. The van der Waals surface area contributed by atoms with Gasteiger partial charge in [-0.15, -0.1) is 5.10 Å². The van der Waals surface area contributed by atoms with Gasteiger partial charge in [-0.2, -0.15) is 0 Å². The molecule has 1 aliphatic rings. The zero-order valence-corrected chi connectivity index (χ0v) is 15.8. The number of hydrogen-bond acceptors (Lipinski definition) is 10. The summed E-state index contributed by atoms with van der Waals surface area (Å²) in [7, 11) is 2.25. The third-order valence-corrected chi connectivity index (χ3v) is 4.51. The Morgan fingerprint density at radius 1 is 1.31 bits per heavy atom. The first kappa shape index (κ1) is 20.4. The number of H-pyrrole nitrogens is 1. The summed E-state index contributed by atoms with van der Waals surface area (Å²) in [5.41, 5.74) is -1.48. The van der Waals surface area contributed by atoms with Gasteiger partial charge in [-0.05, 0) is 6.92 Å². The van der Waals surface area contributed by atoms with Crippen LogP contribution in [0.5, 0.6) is 0 Å². The predicted molar refractivity (Wildman–Crippen MR) is 93.3 cm³/mol. The second kappa shape index (κ2) is 7.97. The van der Waals surface area contributed by atoms with E-state index < -0.39 is 41.6 Å². The van der Waals surface area contributed by atoms with Crippen molar-refractivity contribution in [1.29, 1.82) is 0 Å². The molecule has 13 nitrogen and oxygen atoms in total. The zero-order valence-electron chi connectivity index (χ0n) is 15.8. The van der Waals surface area contributed by atoms with Gasteiger partial charge in [0.15, 0.2) is 5.69 Å². The van der Waals surface area contributed by atoms with Crippen LogP contribution in [0, 0.1) is 6.92 Å². The molecule has 3 rings (SSSR count). The Kier molecular flexibility index (Phi) is 5.61. The first-order valence-corrected chi connectivity index (χ1v) is 8.52. The van der Waals surface area contributed by atoms with Gasteiger partial charge in [0.1, 0.15) is 12.3 Å². The molecule has 2 aromatic heterocycles. The van der Waals surface area contributed by atoms with Gasteiger partial charge in [0, 0.05) is 18.2 Å². The van der Waals surface area contributed by atoms with Gasteiger partial charge < -0.3 is 19.3 Å². The molecule has 0 bridgehead atoms. The topological polar surface area (TPSA) is 168 Å². The van der Waals surface area contributed by atoms with Crippen LogP contribution in [0.4, 0.5) is 0 Å². The number of aromatic amines is 1. The summed E-state index contributed by atoms with van der Waals surface area (Å²) in [6.45, 7) is 1.38. The van der Waals surface area contributed by atoms with Crippen molar-refractivity contribution in [3.63, 3.8) is 0 Å². The van der Waals surface area contributed by atoms with Gasteiger partial charge in [-0.3, -0.25) is 14.3 Å². The van der Waals surface area contributed by atoms with Crippen LogP contribution >= 0.6 is 0 Å². The molecule has 1 aliphatic heterocycles. The summed E-state index contributed by atoms with van der Waals surface area (Å²) in [4.78, 5) is 49.6. The van der Waals surface area contributed by atoms with Crippen molar-refractivity contribution in [2.75, 3.05) is 14.2 Å². The van der Waals surface area contributed by atoms with Crippen molar-refractivity contribution in [3.8, 4) is 0 Å². The maximum Gasteiger partial charge on any atom is 0.361 e. The first-order valence-electron chi connectivity index (χ1n) is 8.52. The molecule has 0 amide bonds. The van der Waals surface area contributed by atoms with E-state index in [2.05, 4.69) is 24.8 Å². The van der Waals surface area contributed by atoms with Gasteiger partial charge in [0.2, 0.25) is 5.69 Å². The molecule has 3 heterocycles. The number of aryl methyl sites for hydroxylation is 1. The monoisotopic (exact) mass is 409 g/mol. The van der Waals surface area contributed by atoms with Crippen LogP contribution in [0.25, 0.3) is 0 Å². The van der Waals surface area contributed by atoms with E-state index in [1.165, 1.54) is 17.7 Å².